The highest BCUT2D eigenvalue weighted by atomic mass is 35.5. The summed E-state index contributed by atoms with van der Waals surface area (Å²) in [5.74, 6) is 1.99. The minimum atomic E-state index is 0. The lowest BCUT2D eigenvalue weighted by molar-refractivity contribution is 0.131. The Kier molecular flexibility index (Phi) is 7.90. The van der Waals surface area contributed by atoms with Crippen molar-refractivity contribution in [3.8, 4) is 5.75 Å². The summed E-state index contributed by atoms with van der Waals surface area (Å²) in [7, 11) is 3.76. The molecule has 0 spiro atoms. The van der Waals surface area contributed by atoms with Crippen LogP contribution in [0.3, 0.4) is 0 Å². The molecule has 1 N–H and O–H groups in total. The lowest BCUT2D eigenvalue weighted by Gasteiger charge is -2.35. The zero-order valence-corrected chi connectivity index (χ0v) is 16.6. The van der Waals surface area contributed by atoms with E-state index in [1.807, 2.05) is 25.4 Å². The fourth-order valence-corrected chi connectivity index (χ4v) is 3.38. The van der Waals surface area contributed by atoms with E-state index in [2.05, 4.69) is 38.9 Å². The number of nitrogens with one attached hydrogen (secondary N) is 1. The fraction of sp³-hybridized carbons (Fsp3) is 0.526. The number of ether oxygens (including phenoxy) is 2. The second-order valence-electron chi connectivity index (χ2n) is 6.37. The minimum absolute atomic E-state index is 0. The number of imidazole rings is 1. The number of aromatic nitrogens is 2. The van der Waals surface area contributed by atoms with Gasteiger partial charge in [0.1, 0.15) is 11.6 Å². The molecule has 0 amide bonds. The van der Waals surface area contributed by atoms with Gasteiger partial charge in [-0.1, -0.05) is 6.07 Å². The number of hydrogen-bond donors (Lipinski definition) is 1. The van der Waals surface area contributed by atoms with E-state index in [1.165, 1.54) is 5.56 Å². The maximum atomic E-state index is 5.59. The molecule has 1 aliphatic heterocycles. The third-order valence-electron chi connectivity index (χ3n) is 4.70. The van der Waals surface area contributed by atoms with E-state index in [1.54, 1.807) is 7.11 Å². The van der Waals surface area contributed by atoms with Crippen LogP contribution in [0.2, 0.25) is 0 Å². The lowest BCUT2D eigenvalue weighted by atomic mass is 10.1. The molecule has 1 unspecified atom stereocenters. The molecule has 26 heavy (non-hydrogen) atoms. The van der Waals surface area contributed by atoms with Gasteiger partial charge in [0.25, 0.3) is 0 Å². The molecule has 1 aliphatic rings. The van der Waals surface area contributed by atoms with Gasteiger partial charge >= 0.3 is 0 Å². The molecule has 0 saturated carbocycles. The summed E-state index contributed by atoms with van der Waals surface area (Å²) < 4.78 is 13.2. The van der Waals surface area contributed by atoms with Gasteiger partial charge in [-0.15, -0.1) is 12.4 Å². The first-order valence-corrected chi connectivity index (χ1v) is 8.88. The van der Waals surface area contributed by atoms with E-state index in [0.717, 1.165) is 43.3 Å². The van der Waals surface area contributed by atoms with Crippen LogP contribution in [0.25, 0.3) is 0 Å². The number of piperazine rings is 1. The summed E-state index contributed by atoms with van der Waals surface area (Å²) in [5.41, 5.74) is 2.38. The van der Waals surface area contributed by atoms with Crippen molar-refractivity contribution in [2.75, 3.05) is 33.4 Å². The minimum Gasteiger partial charge on any atom is -0.496 e. The fourth-order valence-electron chi connectivity index (χ4n) is 3.38. The Morgan fingerprint density at radius 1 is 1.35 bits per heavy atom. The number of benzene rings is 1. The Bertz CT molecular complexity index is 692. The highest BCUT2D eigenvalue weighted by molar-refractivity contribution is 5.85. The van der Waals surface area contributed by atoms with E-state index >= 15 is 0 Å². The van der Waals surface area contributed by atoms with E-state index in [4.69, 9.17) is 9.47 Å². The molecule has 1 saturated heterocycles. The highest BCUT2D eigenvalue weighted by Gasteiger charge is 2.26. The monoisotopic (exact) mass is 380 g/mol. The van der Waals surface area contributed by atoms with Crippen molar-refractivity contribution in [1.82, 2.24) is 19.8 Å². The Labute approximate surface area is 161 Å². The lowest BCUT2D eigenvalue weighted by Crippen LogP contribution is -2.46. The largest absolute Gasteiger partial charge is 0.496 e. The van der Waals surface area contributed by atoms with Crippen LogP contribution in [0.5, 0.6) is 5.75 Å². The summed E-state index contributed by atoms with van der Waals surface area (Å²) in [6, 6.07) is 6.67. The van der Waals surface area contributed by atoms with Gasteiger partial charge in [-0.3, -0.25) is 4.90 Å². The molecule has 2 aromatic rings. The van der Waals surface area contributed by atoms with Gasteiger partial charge in [0, 0.05) is 57.8 Å². The number of hydrogen-bond acceptors (Lipinski definition) is 5. The Morgan fingerprint density at radius 2 is 2.19 bits per heavy atom. The van der Waals surface area contributed by atoms with Crippen LogP contribution in [-0.2, 0) is 24.9 Å². The second-order valence-corrected chi connectivity index (χ2v) is 6.37. The van der Waals surface area contributed by atoms with E-state index in [9.17, 15) is 0 Å². The van der Waals surface area contributed by atoms with Gasteiger partial charge in [0.2, 0.25) is 0 Å². The first kappa shape index (κ1) is 20.7. The van der Waals surface area contributed by atoms with E-state index < -0.39 is 0 Å². The Morgan fingerprint density at radius 3 is 2.88 bits per heavy atom. The predicted molar refractivity (Wildman–Crippen MR) is 105 cm³/mol. The van der Waals surface area contributed by atoms with Crippen molar-refractivity contribution in [2.24, 2.45) is 7.05 Å². The van der Waals surface area contributed by atoms with Gasteiger partial charge in [0.15, 0.2) is 0 Å². The van der Waals surface area contributed by atoms with Gasteiger partial charge < -0.3 is 19.4 Å². The molecule has 144 valence electrons. The highest BCUT2D eigenvalue weighted by Crippen LogP contribution is 2.26. The van der Waals surface area contributed by atoms with Crippen LogP contribution in [0, 0.1) is 0 Å². The molecule has 1 aromatic heterocycles. The summed E-state index contributed by atoms with van der Waals surface area (Å²) in [4.78, 5) is 7.05. The SMILES string of the molecule is CCOCc1cc(CN2CCNCC2c2nccn2C)ccc1OC.Cl. The van der Waals surface area contributed by atoms with Crippen LogP contribution in [0.15, 0.2) is 30.6 Å². The summed E-state index contributed by atoms with van der Waals surface area (Å²) >= 11 is 0. The third kappa shape index (κ3) is 4.76. The summed E-state index contributed by atoms with van der Waals surface area (Å²) in [6.07, 6.45) is 3.88. The molecular weight excluding hydrogens is 352 g/mol. The molecule has 0 aliphatic carbocycles. The average Bonchev–Trinajstić information content (AvgIpc) is 3.06. The smallest absolute Gasteiger partial charge is 0.127 e. The average molecular weight is 381 g/mol. The van der Waals surface area contributed by atoms with Crippen molar-refractivity contribution in [1.29, 1.82) is 0 Å². The van der Waals surface area contributed by atoms with Crippen molar-refractivity contribution >= 4 is 12.4 Å². The molecule has 1 fully saturated rings. The first-order chi connectivity index (χ1) is 12.2. The van der Waals surface area contributed by atoms with Crippen LogP contribution in [-0.4, -0.2) is 47.8 Å². The zero-order valence-electron chi connectivity index (χ0n) is 15.8. The molecule has 3 rings (SSSR count). The quantitative estimate of drug-likeness (QED) is 0.800. The van der Waals surface area contributed by atoms with Crippen molar-refractivity contribution in [3.63, 3.8) is 0 Å². The Hall–Kier alpha value is -1.60. The van der Waals surface area contributed by atoms with Crippen molar-refractivity contribution in [3.05, 3.63) is 47.5 Å². The zero-order chi connectivity index (χ0) is 17.6. The molecule has 0 bridgehead atoms. The maximum Gasteiger partial charge on any atom is 0.127 e. The molecule has 1 atom stereocenters. The van der Waals surface area contributed by atoms with Crippen LogP contribution < -0.4 is 10.1 Å². The van der Waals surface area contributed by atoms with Gasteiger partial charge in [0.05, 0.1) is 19.8 Å². The molecule has 6 nitrogen and oxygen atoms in total. The van der Waals surface area contributed by atoms with Gasteiger partial charge in [-0.05, 0) is 24.6 Å². The Balaban J connectivity index is 0.00000243. The topological polar surface area (TPSA) is 51.5 Å². The number of aryl methyl sites for hydroxylation is 1. The van der Waals surface area contributed by atoms with Crippen molar-refractivity contribution in [2.45, 2.75) is 26.1 Å². The van der Waals surface area contributed by atoms with Crippen LogP contribution >= 0.6 is 12.4 Å². The number of nitrogens with zero attached hydrogens (tertiary/aromatic N) is 3. The summed E-state index contributed by atoms with van der Waals surface area (Å²) in [5, 5.41) is 3.49. The predicted octanol–water partition coefficient (Wildman–Crippen LogP) is 2.53. The van der Waals surface area contributed by atoms with Crippen molar-refractivity contribution < 1.29 is 9.47 Å². The normalized spacial score (nSPS) is 17.7. The maximum absolute atomic E-state index is 5.59. The second kappa shape index (κ2) is 9.92. The molecule has 2 heterocycles. The third-order valence-corrected chi connectivity index (χ3v) is 4.70. The van der Waals surface area contributed by atoms with Crippen LogP contribution in [0.1, 0.15) is 29.9 Å². The molecule has 0 radical (unpaired) electrons. The standard InChI is InChI=1S/C19H28N4O2.ClH/c1-4-25-14-16-11-15(5-6-18(16)24-3)13-23-10-7-20-12-17(23)19-21-8-9-22(19)2;/h5-6,8-9,11,17,20H,4,7,10,12-14H2,1-3H3;1H. The van der Waals surface area contributed by atoms with Crippen LogP contribution in [0.4, 0.5) is 0 Å². The first-order valence-electron chi connectivity index (χ1n) is 8.88. The number of halogens is 1. The van der Waals surface area contributed by atoms with E-state index in [-0.39, 0.29) is 18.4 Å². The molecule has 1 aromatic carbocycles. The number of methoxy groups -OCH3 is 1. The van der Waals surface area contributed by atoms with Gasteiger partial charge in [-0.25, -0.2) is 4.98 Å². The number of rotatable bonds is 7. The molecular formula is C19H29ClN4O2. The molecule has 7 heteroatoms. The van der Waals surface area contributed by atoms with Gasteiger partial charge in [-0.2, -0.15) is 0 Å². The summed E-state index contributed by atoms with van der Waals surface area (Å²) in [6.45, 7) is 7.11. The van der Waals surface area contributed by atoms with E-state index in [0.29, 0.717) is 13.2 Å².